The maximum absolute atomic E-state index is 11.3. The zero-order valence-electron chi connectivity index (χ0n) is 11.6. The van der Waals surface area contributed by atoms with Gasteiger partial charge in [0.1, 0.15) is 4.70 Å². The molecule has 0 atom stereocenters. The SMILES string of the molecule is O=C(O)C1(CN2CCN(c3noc4ccsc34)CC2)CC1. The quantitative estimate of drug-likeness (QED) is 0.930. The van der Waals surface area contributed by atoms with Crippen molar-refractivity contribution in [2.75, 3.05) is 37.6 Å². The first-order valence-corrected chi connectivity index (χ1v) is 8.09. The molecule has 2 aromatic rings. The molecule has 1 saturated heterocycles. The second-order valence-corrected chi connectivity index (χ2v) is 6.88. The third-order valence-electron chi connectivity index (χ3n) is 4.57. The molecule has 1 saturated carbocycles. The second-order valence-electron chi connectivity index (χ2n) is 5.97. The number of aliphatic carboxylic acids is 1. The first-order chi connectivity index (χ1) is 10.2. The van der Waals surface area contributed by atoms with Crippen LogP contribution in [0.2, 0.25) is 0 Å². The molecule has 1 N–H and O–H groups in total. The first-order valence-electron chi connectivity index (χ1n) is 7.22. The number of piperazine rings is 1. The monoisotopic (exact) mass is 307 g/mol. The highest BCUT2D eigenvalue weighted by atomic mass is 32.1. The van der Waals surface area contributed by atoms with Crippen molar-refractivity contribution in [1.29, 1.82) is 0 Å². The lowest BCUT2D eigenvalue weighted by Crippen LogP contribution is -2.49. The van der Waals surface area contributed by atoms with Crippen LogP contribution in [0, 0.1) is 5.41 Å². The Bertz CT molecular complexity index is 668. The minimum atomic E-state index is -0.637. The maximum Gasteiger partial charge on any atom is 0.310 e. The van der Waals surface area contributed by atoms with E-state index in [4.69, 9.17) is 4.52 Å². The van der Waals surface area contributed by atoms with Gasteiger partial charge in [0, 0.05) is 32.7 Å². The van der Waals surface area contributed by atoms with Crippen molar-refractivity contribution in [3.63, 3.8) is 0 Å². The van der Waals surface area contributed by atoms with Gasteiger partial charge in [-0.15, -0.1) is 11.3 Å². The fourth-order valence-electron chi connectivity index (χ4n) is 3.00. The number of hydrogen-bond donors (Lipinski definition) is 1. The van der Waals surface area contributed by atoms with E-state index in [0.29, 0.717) is 6.54 Å². The van der Waals surface area contributed by atoms with Crippen LogP contribution < -0.4 is 4.90 Å². The molecule has 0 aromatic carbocycles. The molecule has 2 aliphatic rings. The summed E-state index contributed by atoms with van der Waals surface area (Å²) in [6.07, 6.45) is 1.64. The number of carbonyl (C=O) groups is 1. The molecule has 1 aliphatic carbocycles. The molecule has 0 spiro atoms. The molecule has 21 heavy (non-hydrogen) atoms. The Labute approximate surface area is 125 Å². The number of thiophene rings is 1. The number of aromatic nitrogens is 1. The topological polar surface area (TPSA) is 69.8 Å². The summed E-state index contributed by atoms with van der Waals surface area (Å²) in [7, 11) is 0. The largest absolute Gasteiger partial charge is 0.481 e. The Morgan fingerprint density at radius 3 is 2.81 bits per heavy atom. The van der Waals surface area contributed by atoms with E-state index in [1.165, 1.54) is 0 Å². The third-order valence-corrected chi connectivity index (χ3v) is 5.46. The van der Waals surface area contributed by atoms with Gasteiger partial charge >= 0.3 is 5.97 Å². The van der Waals surface area contributed by atoms with Crippen molar-refractivity contribution in [1.82, 2.24) is 10.1 Å². The van der Waals surface area contributed by atoms with E-state index in [-0.39, 0.29) is 0 Å². The van der Waals surface area contributed by atoms with Gasteiger partial charge in [-0.25, -0.2) is 0 Å². The van der Waals surface area contributed by atoms with Crippen molar-refractivity contribution >= 4 is 33.4 Å². The van der Waals surface area contributed by atoms with E-state index in [2.05, 4.69) is 15.0 Å². The molecule has 0 amide bonds. The third kappa shape index (κ3) is 2.20. The lowest BCUT2D eigenvalue weighted by Gasteiger charge is -2.35. The van der Waals surface area contributed by atoms with Gasteiger partial charge in [-0.1, -0.05) is 5.16 Å². The van der Waals surface area contributed by atoms with E-state index in [9.17, 15) is 9.90 Å². The van der Waals surface area contributed by atoms with Gasteiger partial charge in [0.25, 0.3) is 0 Å². The van der Waals surface area contributed by atoms with Crippen LogP contribution in [0.4, 0.5) is 5.82 Å². The van der Waals surface area contributed by atoms with Gasteiger partial charge in [-0.2, -0.15) is 0 Å². The van der Waals surface area contributed by atoms with Gasteiger partial charge < -0.3 is 14.5 Å². The van der Waals surface area contributed by atoms with Crippen LogP contribution >= 0.6 is 11.3 Å². The summed E-state index contributed by atoms with van der Waals surface area (Å²) in [5, 5.41) is 15.5. The zero-order chi connectivity index (χ0) is 14.4. The molecule has 3 heterocycles. The standard InChI is InChI=1S/C14H17N3O3S/c18-13(19)14(2-3-14)9-16-4-6-17(7-5-16)12-11-10(20-15-12)1-8-21-11/h1,8H,2-7,9H2,(H,18,19). The summed E-state index contributed by atoms with van der Waals surface area (Å²) in [5.41, 5.74) is 0.386. The van der Waals surface area contributed by atoms with Crippen molar-refractivity contribution < 1.29 is 14.4 Å². The summed E-state index contributed by atoms with van der Waals surface area (Å²) in [6.45, 7) is 4.19. The van der Waals surface area contributed by atoms with E-state index in [1.54, 1.807) is 11.3 Å². The highest BCUT2D eigenvalue weighted by Gasteiger charge is 2.51. The Hall–Kier alpha value is -1.60. The van der Waals surface area contributed by atoms with Crippen LogP contribution in [0.1, 0.15) is 12.8 Å². The highest BCUT2D eigenvalue weighted by Crippen LogP contribution is 2.46. The molecule has 2 fully saturated rings. The zero-order valence-corrected chi connectivity index (χ0v) is 12.4. The van der Waals surface area contributed by atoms with Gasteiger partial charge in [0.2, 0.25) is 0 Å². The fraction of sp³-hybridized carbons (Fsp3) is 0.571. The molecule has 2 aromatic heterocycles. The second kappa shape index (κ2) is 4.71. The summed E-state index contributed by atoms with van der Waals surface area (Å²) < 4.78 is 6.42. The van der Waals surface area contributed by atoms with Crippen LogP contribution in [0.15, 0.2) is 16.0 Å². The predicted molar refractivity (Wildman–Crippen MR) is 79.8 cm³/mol. The molecule has 6 nitrogen and oxygen atoms in total. The minimum absolute atomic E-state index is 0.461. The number of carboxylic acid groups (broad SMARTS) is 1. The summed E-state index contributed by atoms with van der Waals surface area (Å²) >= 11 is 1.65. The van der Waals surface area contributed by atoms with Crippen LogP contribution in [-0.4, -0.2) is 53.9 Å². The number of rotatable bonds is 4. The number of anilines is 1. The van der Waals surface area contributed by atoms with Crippen molar-refractivity contribution in [3.8, 4) is 0 Å². The van der Waals surface area contributed by atoms with Crippen molar-refractivity contribution in [3.05, 3.63) is 11.4 Å². The lowest BCUT2D eigenvalue weighted by molar-refractivity contribution is -0.144. The predicted octanol–water partition coefficient (Wildman–Crippen LogP) is 1.88. The van der Waals surface area contributed by atoms with Gasteiger partial charge in [0.15, 0.2) is 11.4 Å². The van der Waals surface area contributed by atoms with E-state index in [1.807, 2.05) is 11.4 Å². The van der Waals surface area contributed by atoms with E-state index >= 15 is 0 Å². The molecule has 1 aliphatic heterocycles. The Morgan fingerprint density at radius 1 is 1.38 bits per heavy atom. The van der Waals surface area contributed by atoms with Crippen LogP contribution in [0.25, 0.3) is 10.3 Å². The van der Waals surface area contributed by atoms with Crippen LogP contribution in [0.3, 0.4) is 0 Å². The highest BCUT2D eigenvalue weighted by molar-refractivity contribution is 7.17. The maximum atomic E-state index is 11.3. The van der Waals surface area contributed by atoms with E-state index in [0.717, 1.165) is 55.1 Å². The Balaban J connectivity index is 1.41. The molecule has 112 valence electrons. The van der Waals surface area contributed by atoms with Gasteiger partial charge in [0.05, 0.1) is 5.41 Å². The molecule has 7 heteroatoms. The molecule has 4 rings (SSSR count). The number of hydrogen-bond acceptors (Lipinski definition) is 6. The Kier molecular flexibility index (Phi) is 2.93. The number of nitrogens with zero attached hydrogens (tertiary/aromatic N) is 3. The minimum Gasteiger partial charge on any atom is -0.481 e. The van der Waals surface area contributed by atoms with Crippen molar-refractivity contribution in [2.24, 2.45) is 5.41 Å². The van der Waals surface area contributed by atoms with Crippen LogP contribution in [-0.2, 0) is 4.79 Å². The van der Waals surface area contributed by atoms with Crippen LogP contribution in [0.5, 0.6) is 0 Å². The van der Waals surface area contributed by atoms with Crippen molar-refractivity contribution in [2.45, 2.75) is 12.8 Å². The Morgan fingerprint density at radius 2 is 2.14 bits per heavy atom. The normalized spacial score (nSPS) is 21.8. The number of fused-ring (bicyclic) bond motifs is 1. The summed E-state index contributed by atoms with van der Waals surface area (Å²) in [6, 6.07) is 1.94. The number of carboxylic acids is 1. The van der Waals surface area contributed by atoms with E-state index < -0.39 is 11.4 Å². The molecule has 0 bridgehead atoms. The van der Waals surface area contributed by atoms with Gasteiger partial charge in [-0.3, -0.25) is 9.69 Å². The summed E-state index contributed by atoms with van der Waals surface area (Å²) in [5.74, 6) is 0.292. The molecular weight excluding hydrogens is 290 g/mol. The average molecular weight is 307 g/mol. The fourth-order valence-corrected chi connectivity index (χ4v) is 3.82. The smallest absolute Gasteiger partial charge is 0.310 e. The lowest BCUT2D eigenvalue weighted by atomic mass is 10.1. The molecule has 0 radical (unpaired) electrons. The average Bonchev–Trinajstić information content (AvgIpc) is 2.94. The molecule has 0 unspecified atom stereocenters. The van der Waals surface area contributed by atoms with Gasteiger partial charge in [-0.05, 0) is 24.3 Å². The molecular formula is C14H17N3O3S. The summed E-state index contributed by atoms with van der Waals surface area (Å²) in [4.78, 5) is 15.8. The first kappa shape index (κ1) is 13.1.